The molecule has 0 N–H and O–H groups in total. The molecule has 2 nitrogen and oxygen atoms in total. The van der Waals surface area contributed by atoms with E-state index in [1.165, 1.54) is 11.1 Å². The van der Waals surface area contributed by atoms with E-state index in [0.717, 1.165) is 28.3 Å². The normalized spacial score (nSPS) is 11.1. The van der Waals surface area contributed by atoms with Crippen LogP contribution in [0.25, 0.3) is 28.0 Å². The summed E-state index contributed by atoms with van der Waals surface area (Å²) in [5, 5.41) is 0. The Morgan fingerprint density at radius 1 is 0.792 bits per heavy atom. The van der Waals surface area contributed by atoms with Gasteiger partial charge in [0.05, 0.1) is 17.3 Å². The van der Waals surface area contributed by atoms with Crippen LogP contribution in [0.1, 0.15) is 11.4 Å². The maximum Gasteiger partial charge on any atom is 0.137 e. The van der Waals surface area contributed by atoms with Crippen LogP contribution >= 0.6 is 11.6 Å². The Balaban J connectivity index is 1.82. The van der Waals surface area contributed by atoms with E-state index in [9.17, 15) is 0 Å². The second-order valence-electron chi connectivity index (χ2n) is 5.84. The van der Waals surface area contributed by atoms with Crippen molar-refractivity contribution in [2.45, 2.75) is 12.8 Å². The summed E-state index contributed by atoms with van der Waals surface area (Å²) in [6.45, 7) is 2.08. The maximum absolute atomic E-state index is 6.24. The molecule has 0 unspecified atom stereocenters. The highest BCUT2D eigenvalue weighted by atomic mass is 35.5. The number of fused-ring (bicyclic) bond motifs is 1. The summed E-state index contributed by atoms with van der Waals surface area (Å²) >= 11 is 6.24. The monoisotopic (exact) mass is 332 g/mol. The van der Waals surface area contributed by atoms with E-state index in [1.807, 2.05) is 18.2 Å². The van der Waals surface area contributed by atoms with E-state index in [2.05, 4.69) is 65.9 Å². The zero-order valence-corrected chi connectivity index (χ0v) is 14.2. The van der Waals surface area contributed by atoms with Crippen molar-refractivity contribution in [2.75, 3.05) is 0 Å². The number of nitrogens with zero attached hydrogens (tertiary/aromatic N) is 2. The van der Waals surface area contributed by atoms with Crippen molar-refractivity contribution < 1.29 is 0 Å². The van der Waals surface area contributed by atoms with Gasteiger partial charge in [0.2, 0.25) is 0 Å². The van der Waals surface area contributed by atoms with Gasteiger partial charge < -0.3 is 0 Å². The molecule has 0 spiro atoms. The summed E-state index contributed by atoms with van der Waals surface area (Å²) < 4.78 is 2.13. The molecule has 2 aromatic heterocycles. The number of aryl methyl sites for hydroxylation is 1. The third kappa shape index (κ3) is 2.49. The second kappa shape index (κ2) is 6.14. The molecular weight excluding hydrogens is 316 g/mol. The SMILES string of the molecule is Cc1cccc2nc(-c3ccc(-c4ccccc4)cc3)c(CCl)n12. The van der Waals surface area contributed by atoms with Crippen molar-refractivity contribution >= 4 is 17.2 Å². The van der Waals surface area contributed by atoms with Crippen molar-refractivity contribution in [3.05, 3.63) is 84.2 Å². The van der Waals surface area contributed by atoms with Gasteiger partial charge in [-0.05, 0) is 30.2 Å². The van der Waals surface area contributed by atoms with Gasteiger partial charge in [-0.1, -0.05) is 60.7 Å². The van der Waals surface area contributed by atoms with E-state index < -0.39 is 0 Å². The Kier molecular flexibility index (Phi) is 3.83. The van der Waals surface area contributed by atoms with Crippen molar-refractivity contribution in [1.29, 1.82) is 0 Å². The molecule has 4 rings (SSSR count). The van der Waals surface area contributed by atoms with E-state index in [-0.39, 0.29) is 0 Å². The molecule has 0 radical (unpaired) electrons. The molecule has 0 saturated heterocycles. The fraction of sp³-hybridized carbons (Fsp3) is 0.0952. The molecule has 0 aliphatic rings. The van der Waals surface area contributed by atoms with Gasteiger partial charge in [0, 0.05) is 11.3 Å². The molecule has 2 heterocycles. The highest BCUT2D eigenvalue weighted by molar-refractivity contribution is 6.17. The number of hydrogen-bond acceptors (Lipinski definition) is 1. The molecule has 0 fully saturated rings. The standard InChI is InChI=1S/C21H17ClN2/c1-15-6-5-9-20-23-21(19(14-22)24(15)20)18-12-10-17(11-13-18)16-7-3-2-4-8-16/h2-13H,14H2,1H3. The summed E-state index contributed by atoms with van der Waals surface area (Å²) in [4.78, 5) is 4.80. The van der Waals surface area contributed by atoms with Crippen molar-refractivity contribution in [2.24, 2.45) is 0 Å². The minimum atomic E-state index is 0.432. The zero-order chi connectivity index (χ0) is 16.5. The van der Waals surface area contributed by atoms with Gasteiger partial charge in [-0.3, -0.25) is 4.40 Å². The smallest absolute Gasteiger partial charge is 0.137 e. The predicted octanol–water partition coefficient (Wildman–Crippen LogP) is 5.72. The lowest BCUT2D eigenvalue weighted by molar-refractivity contribution is 1.03. The Morgan fingerprint density at radius 2 is 1.46 bits per heavy atom. The zero-order valence-electron chi connectivity index (χ0n) is 13.4. The van der Waals surface area contributed by atoms with Gasteiger partial charge in [-0.25, -0.2) is 4.98 Å². The number of aromatic nitrogens is 2. The summed E-state index contributed by atoms with van der Waals surface area (Å²) in [7, 11) is 0. The first-order valence-electron chi connectivity index (χ1n) is 7.96. The molecule has 0 saturated carbocycles. The summed E-state index contributed by atoms with van der Waals surface area (Å²) in [6.07, 6.45) is 0. The van der Waals surface area contributed by atoms with E-state index in [4.69, 9.17) is 16.6 Å². The van der Waals surface area contributed by atoms with Crippen LogP contribution in [0.2, 0.25) is 0 Å². The number of halogens is 1. The predicted molar refractivity (Wildman–Crippen MR) is 100 cm³/mol. The topological polar surface area (TPSA) is 17.3 Å². The Labute approximate surface area is 146 Å². The molecule has 4 aromatic rings. The van der Waals surface area contributed by atoms with Gasteiger partial charge >= 0.3 is 0 Å². The lowest BCUT2D eigenvalue weighted by Crippen LogP contribution is -1.95. The van der Waals surface area contributed by atoms with Crippen molar-refractivity contribution in [3.63, 3.8) is 0 Å². The number of hydrogen-bond donors (Lipinski definition) is 0. The van der Waals surface area contributed by atoms with Crippen LogP contribution in [0.3, 0.4) is 0 Å². The van der Waals surface area contributed by atoms with Crippen LogP contribution in [0, 0.1) is 6.92 Å². The van der Waals surface area contributed by atoms with Crippen LogP contribution in [0.15, 0.2) is 72.8 Å². The van der Waals surface area contributed by atoms with E-state index in [0.29, 0.717) is 5.88 Å². The molecule has 2 aromatic carbocycles. The van der Waals surface area contributed by atoms with E-state index in [1.54, 1.807) is 0 Å². The highest BCUT2D eigenvalue weighted by Crippen LogP contribution is 2.29. The minimum Gasteiger partial charge on any atom is -0.299 e. The summed E-state index contributed by atoms with van der Waals surface area (Å²) in [6, 6.07) is 25.0. The first kappa shape index (κ1) is 15.0. The number of benzene rings is 2. The highest BCUT2D eigenvalue weighted by Gasteiger charge is 2.14. The Hall–Kier alpha value is -2.58. The fourth-order valence-corrected chi connectivity index (χ4v) is 3.38. The van der Waals surface area contributed by atoms with Gasteiger partial charge in [-0.2, -0.15) is 0 Å². The van der Waals surface area contributed by atoms with E-state index >= 15 is 0 Å². The molecule has 3 heteroatoms. The third-order valence-electron chi connectivity index (χ3n) is 4.33. The van der Waals surface area contributed by atoms with Gasteiger partial charge in [-0.15, -0.1) is 11.6 Å². The van der Waals surface area contributed by atoms with Crippen LogP contribution in [0.4, 0.5) is 0 Å². The molecule has 24 heavy (non-hydrogen) atoms. The molecule has 0 bridgehead atoms. The van der Waals surface area contributed by atoms with Crippen LogP contribution < -0.4 is 0 Å². The molecule has 0 aliphatic carbocycles. The third-order valence-corrected chi connectivity index (χ3v) is 4.58. The first-order valence-corrected chi connectivity index (χ1v) is 8.50. The molecule has 118 valence electrons. The number of alkyl halides is 1. The number of imidazole rings is 1. The minimum absolute atomic E-state index is 0.432. The van der Waals surface area contributed by atoms with Crippen molar-refractivity contribution in [1.82, 2.24) is 9.38 Å². The molecular formula is C21H17ClN2. The van der Waals surface area contributed by atoms with Gasteiger partial charge in [0.15, 0.2) is 0 Å². The Morgan fingerprint density at radius 3 is 2.17 bits per heavy atom. The molecule has 0 atom stereocenters. The van der Waals surface area contributed by atoms with Crippen LogP contribution in [-0.2, 0) is 5.88 Å². The average molecular weight is 333 g/mol. The number of rotatable bonds is 3. The lowest BCUT2D eigenvalue weighted by Gasteiger charge is -2.06. The second-order valence-corrected chi connectivity index (χ2v) is 6.11. The van der Waals surface area contributed by atoms with Gasteiger partial charge in [0.25, 0.3) is 0 Å². The number of pyridine rings is 1. The summed E-state index contributed by atoms with van der Waals surface area (Å²) in [5.41, 5.74) is 7.58. The lowest BCUT2D eigenvalue weighted by atomic mass is 10.0. The van der Waals surface area contributed by atoms with Gasteiger partial charge in [0.1, 0.15) is 5.65 Å². The quantitative estimate of drug-likeness (QED) is 0.439. The van der Waals surface area contributed by atoms with Crippen molar-refractivity contribution in [3.8, 4) is 22.4 Å². The molecule has 0 amide bonds. The average Bonchev–Trinajstić information content (AvgIpc) is 3.02. The van der Waals surface area contributed by atoms with Crippen LogP contribution in [0.5, 0.6) is 0 Å². The van der Waals surface area contributed by atoms with Crippen LogP contribution in [-0.4, -0.2) is 9.38 Å². The maximum atomic E-state index is 6.24. The Bertz CT molecular complexity index is 986. The first-order chi connectivity index (χ1) is 11.8. The molecule has 0 aliphatic heterocycles. The fourth-order valence-electron chi connectivity index (χ4n) is 3.13. The largest absolute Gasteiger partial charge is 0.299 e. The summed E-state index contributed by atoms with van der Waals surface area (Å²) in [5.74, 6) is 0.432.